The molecule has 1 unspecified atom stereocenters. The van der Waals surface area contributed by atoms with Gasteiger partial charge in [0.15, 0.2) is 5.16 Å². The lowest BCUT2D eigenvalue weighted by molar-refractivity contribution is 0.182. The maximum atomic E-state index is 13.1. The second-order valence-corrected chi connectivity index (χ2v) is 9.60. The van der Waals surface area contributed by atoms with Gasteiger partial charge in [-0.2, -0.15) is 0 Å². The molecule has 0 bridgehead atoms. The Kier molecular flexibility index (Phi) is 6.25. The molecule has 3 aromatic rings. The van der Waals surface area contributed by atoms with Crippen LogP contribution < -0.4 is 5.56 Å². The zero-order valence-corrected chi connectivity index (χ0v) is 18.5. The third-order valence-corrected chi connectivity index (χ3v) is 6.97. The minimum absolute atomic E-state index is 0.0292. The maximum Gasteiger partial charge on any atom is 0.262 e. The Morgan fingerprint density at radius 2 is 2.03 bits per heavy atom. The Bertz CT molecular complexity index is 1040. The van der Waals surface area contributed by atoms with E-state index in [2.05, 4.69) is 40.4 Å². The Balaban J connectivity index is 1.65. The van der Waals surface area contributed by atoms with Crippen molar-refractivity contribution in [3.8, 4) is 0 Å². The van der Waals surface area contributed by atoms with Gasteiger partial charge in [0.05, 0.1) is 10.9 Å². The van der Waals surface area contributed by atoms with Gasteiger partial charge in [-0.15, -0.1) is 10.2 Å². The summed E-state index contributed by atoms with van der Waals surface area (Å²) >= 11 is 1.75. The number of likely N-dealkylation sites (tertiary alicyclic amines) is 1. The normalized spacial score (nSPS) is 18.3. The number of piperidine rings is 1. The second-order valence-electron chi connectivity index (χ2n) is 8.54. The molecular formula is C22H31N5OS. The number of benzene rings is 1. The lowest BCUT2D eigenvalue weighted by atomic mass is 10.0. The first-order valence-electron chi connectivity index (χ1n) is 10.8. The molecule has 1 saturated heterocycles. The van der Waals surface area contributed by atoms with E-state index < -0.39 is 0 Å². The van der Waals surface area contributed by atoms with Gasteiger partial charge >= 0.3 is 0 Å². The third kappa shape index (κ3) is 4.21. The van der Waals surface area contributed by atoms with Crippen LogP contribution in [0.1, 0.15) is 46.0 Å². The van der Waals surface area contributed by atoms with Crippen LogP contribution in [0.15, 0.2) is 34.2 Å². The highest BCUT2D eigenvalue weighted by Crippen LogP contribution is 2.25. The van der Waals surface area contributed by atoms with Gasteiger partial charge in [-0.05, 0) is 57.3 Å². The predicted molar refractivity (Wildman–Crippen MR) is 120 cm³/mol. The van der Waals surface area contributed by atoms with Gasteiger partial charge in [0.2, 0.25) is 5.78 Å². The van der Waals surface area contributed by atoms with Crippen LogP contribution in [0.2, 0.25) is 0 Å². The molecule has 0 spiro atoms. The summed E-state index contributed by atoms with van der Waals surface area (Å²) in [4.78, 5) is 15.6. The zero-order chi connectivity index (χ0) is 20.4. The lowest BCUT2D eigenvalue weighted by Crippen LogP contribution is -2.36. The molecule has 1 aromatic carbocycles. The first-order chi connectivity index (χ1) is 14.1. The number of rotatable bonds is 7. The van der Waals surface area contributed by atoms with E-state index in [1.807, 2.05) is 24.3 Å². The molecule has 0 N–H and O–H groups in total. The molecule has 4 rings (SSSR count). The number of para-hydroxylation sites is 1. The van der Waals surface area contributed by atoms with E-state index in [0.29, 0.717) is 24.3 Å². The minimum Gasteiger partial charge on any atom is -0.303 e. The standard InChI is InChI=1S/C22H31N5OS/c1-16(2)11-14-26-20(28)18-9-4-5-10-19(18)27-21(26)23-24-22(27)29-15-12-17-8-6-7-13-25(17)3/h4-5,9-10,16-17H,6-8,11-15H2,1-3H3. The van der Waals surface area contributed by atoms with E-state index in [4.69, 9.17) is 0 Å². The molecule has 1 atom stereocenters. The van der Waals surface area contributed by atoms with Crippen molar-refractivity contribution in [3.63, 3.8) is 0 Å². The fourth-order valence-electron chi connectivity index (χ4n) is 4.21. The molecule has 1 fully saturated rings. The predicted octanol–water partition coefficient (Wildman–Crippen LogP) is 4.06. The molecule has 1 aliphatic heterocycles. The number of aromatic nitrogens is 4. The number of nitrogens with zero attached hydrogens (tertiary/aromatic N) is 5. The second kappa shape index (κ2) is 8.88. The van der Waals surface area contributed by atoms with Crippen molar-refractivity contribution in [2.24, 2.45) is 5.92 Å². The van der Waals surface area contributed by atoms with Gasteiger partial charge in [0.25, 0.3) is 5.56 Å². The van der Waals surface area contributed by atoms with Crippen molar-refractivity contribution < 1.29 is 0 Å². The fraction of sp³-hybridized carbons (Fsp3) is 0.591. The van der Waals surface area contributed by atoms with Crippen molar-refractivity contribution in [1.82, 2.24) is 24.1 Å². The summed E-state index contributed by atoms with van der Waals surface area (Å²) in [7, 11) is 2.24. The van der Waals surface area contributed by atoms with Crippen molar-refractivity contribution in [3.05, 3.63) is 34.6 Å². The highest BCUT2D eigenvalue weighted by Gasteiger charge is 2.20. The molecule has 29 heavy (non-hydrogen) atoms. The molecule has 156 valence electrons. The van der Waals surface area contributed by atoms with Crippen LogP contribution in [0.5, 0.6) is 0 Å². The summed E-state index contributed by atoms with van der Waals surface area (Å²) in [5.41, 5.74) is 0.928. The van der Waals surface area contributed by atoms with Crippen molar-refractivity contribution in [2.75, 3.05) is 19.3 Å². The van der Waals surface area contributed by atoms with Crippen LogP contribution in [-0.2, 0) is 6.54 Å². The van der Waals surface area contributed by atoms with Crippen LogP contribution in [0.4, 0.5) is 0 Å². The van der Waals surface area contributed by atoms with Gasteiger partial charge in [-0.3, -0.25) is 13.8 Å². The third-order valence-electron chi connectivity index (χ3n) is 6.01. The minimum atomic E-state index is 0.0292. The molecule has 0 radical (unpaired) electrons. The Labute approximate surface area is 176 Å². The van der Waals surface area contributed by atoms with E-state index >= 15 is 0 Å². The van der Waals surface area contributed by atoms with Gasteiger partial charge in [-0.25, -0.2) is 0 Å². The topological polar surface area (TPSA) is 55.4 Å². The van der Waals surface area contributed by atoms with Crippen LogP contribution in [0.3, 0.4) is 0 Å². The summed E-state index contributed by atoms with van der Waals surface area (Å²) in [5, 5.41) is 10.5. The summed E-state index contributed by atoms with van der Waals surface area (Å²) in [5.74, 6) is 2.19. The van der Waals surface area contributed by atoms with E-state index in [-0.39, 0.29) is 5.56 Å². The highest BCUT2D eigenvalue weighted by atomic mass is 32.2. The van der Waals surface area contributed by atoms with Crippen LogP contribution in [0, 0.1) is 5.92 Å². The smallest absolute Gasteiger partial charge is 0.262 e. The molecule has 0 aliphatic carbocycles. The summed E-state index contributed by atoms with van der Waals surface area (Å²) < 4.78 is 3.88. The number of fused-ring (bicyclic) bond motifs is 3. The van der Waals surface area contributed by atoms with Crippen LogP contribution in [0.25, 0.3) is 16.7 Å². The van der Waals surface area contributed by atoms with Gasteiger partial charge in [0.1, 0.15) is 0 Å². The molecule has 6 nitrogen and oxygen atoms in total. The van der Waals surface area contributed by atoms with Crippen LogP contribution >= 0.6 is 11.8 Å². The molecular weight excluding hydrogens is 382 g/mol. The summed E-state index contributed by atoms with van der Waals surface area (Å²) in [6.45, 7) is 6.23. The van der Waals surface area contributed by atoms with Gasteiger partial charge in [-0.1, -0.05) is 44.2 Å². The van der Waals surface area contributed by atoms with E-state index in [1.54, 1.807) is 16.3 Å². The summed E-state index contributed by atoms with van der Waals surface area (Å²) in [6, 6.07) is 8.48. The molecule has 2 aromatic heterocycles. The average Bonchev–Trinajstić information content (AvgIpc) is 3.13. The Morgan fingerprint density at radius 1 is 1.21 bits per heavy atom. The lowest BCUT2D eigenvalue weighted by Gasteiger charge is -2.32. The summed E-state index contributed by atoms with van der Waals surface area (Å²) in [6.07, 6.45) is 6.03. The van der Waals surface area contributed by atoms with Gasteiger partial charge in [0, 0.05) is 18.3 Å². The average molecular weight is 414 g/mol. The van der Waals surface area contributed by atoms with Crippen molar-refractivity contribution >= 4 is 28.4 Å². The first kappa shape index (κ1) is 20.4. The molecule has 7 heteroatoms. The molecule has 0 amide bonds. The highest BCUT2D eigenvalue weighted by molar-refractivity contribution is 7.99. The molecule has 0 saturated carbocycles. The Morgan fingerprint density at radius 3 is 2.83 bits per heavy atom. The van der Waals surface area contributed by atoms with E-state index in [1.165, 1.54) is 25.8 Å². The van der Waals surface area contributed by atoms with E-state index in [9.17, 15) is 4.79 Å². The molecule has 3 heterocycles. The van der Waals surface area contributed by atoms with E-state index in [0.717, 1.165) is 34.7 Å². The largest absolute Gasteiger partial charge is 0.303 e. The monoisotopic (exact) mass is 413 g/mol. The van der Waals surface area contributed by atoms with Crippen molar-refractivity contribution in [1.29, 1.82) is 0 Å². The SMILES string of the molecule is CC(C)CCn1c(=O)c2ccccc2n2c(SCCC3CCCCN3C)nnc12. The number of hydrogen-bond acceptors (Lipinski definition) is 5. The molecule has 1 aliphatic rings. The first-order valence-corrected chi connectivity index (χ1v) is 11.7. The van der Waals surface area contributed by atoms with Crippen molar-refractivity contribution in [2.45, 2.75) is 63.7 Å². The quantitative estimate of drug-likeness (QED) is 0.547. The fourth-order valence-corrected chi connectivity index (χ4v) is 5.19. The zero-order valence-electron chi connectivity index (χ0n) is 17.7. The van der Waals surface area contributed by atoms with Gasteiger partial charge < -0.3 is 4.90 Å². The number of thioether (sulfide) groups is 1. The number of hydrogen-bond donors (Lipinski definition) is 0. The van der Waals surface area contributed by atoms with Crippen LogP contribution in [-0.4, -0.2) is 49.5 Å². The maximum absolute atomic E-state index is 13.1. The number of aryl methyl sites for hydroxylation is 1. The Hall–Kier alpha value is -1.86.